The van der Waals surface area contributed by atoms with Crippen LogP contribution < -0.4 is 10.6 Å². The lowest BCUT2D eigenvalue weighted by Gasteiger charge is -2.33. The molecule has 14 heteroatoms. The summed E-state index contributed by atoms with van der Waals surface area (Å²) < 4.78 is 72.5. The van der Waals surface area contributed by atoms with Gasteiger partial charge in [-0.25, -0.2) is 18.7 Å². The molecule has 226 valence electrons. The smallest absolute Gasteiger partial charge is 0.364 e. The van der Waals surface area contributed by atoms with Crippen LogP contribution in [0.2, 0.25) is 0 Å². The molecule has 0 aromatic carbocycles. The molecular weight excluding hydrogens is 563 g/mol. The highest BCUT2D eigenvalue weighted by molar-refractivity contribution is 5.95. The van der Waals surface area contributed by atoms with Crippen LogP contribution in [0.5, 0.6) is 0 Å². The summed E-state index contributed by atoms with van der Waals surface area (Å²) >= 11 is 0. The molecular formula is C28H31F5N6O3. The van der Waals surface area contributed by atoms with Crippen molar-refractivity contribution in [2.45, 2.75) is 94.3 Å². The monoisotopic (exact) mass is 594 g/mol. The Morgan fingerprint density at radius 3 is 2.33 bits per heavy atom. The highest BCUT2D eigenvalue weighted by atomic mass is 19.4. The van der Waals surface area contributed by atoms with Gasteiger partial charge in [0.05, 0.1) is 35.6 Å². The Labute approximate surface area is 237 Å². The highest BCUT2D eigenvalue weighted by Gasteiger charge is 2.41. The number of hydrogen-bond acceptors (Lipinski definition) is 6. The molecule has 0 radical (unpaired) electrons. The van der Waals surface area contributed by atoms with E-state index in [1.54, 1.807) is 22.9 Å². The van der Waals surface area contributed by atoms with E-state index in [9.17, 15) is 31.5 Å². The van der Waals surface area contributed by atoms with Gasteiger partial charge in [0, 0.05) is 37.6 Å². The number of imidazole rings is 1. The quantitative estimate of drug-likeness (QED) is 0.287. The lowest BCUT2D eigenvalue weighted by atomic mass is 9.81. The predicted molar refractivity (Wildman–Crippen MR) is 137 cm³/mol. The molecule has 3 aromatic rings. The van der Waals surface area contributed by atoms with Gasteiger partial charge in [-0.2, -0.15) is 13.2 Å². The lowest BCUT2D eigenvalue weighted by molar-refractivity contribution is -0.144. The number of halogens is 5. The molecule has 3 fully saturated rings. The van der Waals surface area contributed by atoms with E-state index in [0.717, 1.165) is 25.7 Å². The Kier molecular flexibility index (Phi) is 7.42. The first-order valence-corrected chi connectivity index (χ1v) is 14.3. The van der Waals surface area contributed by atoms with Gasteiger partial charge in [0.2, 0.25) is 17.6 Å². The second kappa shape index (κ2) is 10.9. The van der Waals surface area contributed by atoms with Crippen LogP contribution in [0.3, 0.4) is 0 Å². The van der Waals surface area contributed by atoms with Crippen LogP contribution in [0.15, 0.2) is 29.2 Å². The molecule has 0 bridgehead atoms. The van der Waals surface area contributed by atoms with Crippen molar-refractivity contribution in [2.24, 2.45) is 11.8 Å². The van der Waals surface area contributed by atoms with Crippen molar-refractivity contribution in [3.63, 3.8) is 0 Å². The summed E-state index contributed by atoms with van der Waals surface area (Å²) in [5.41, 5.74) is 1.83. The summed E-state index contributed by atoms with van der Waals surface area (Å²) in [5.74, 6) is -3.67. The summed E-state index contributed by atoms with van der Waals surface area (Å²) in [5, 5.41) is 9.68. The molecule has 0 spiro atoms. The summed E-state index contributed by atoms with van der Waals surface area (Å²) in [6.45, 7) is 0. The number of fused-ring (bicyclic) bond motifs is 1. The Morgan fingerprint density at radius 1 is 1.00 bits per heavy atom. The van der Waals surface area contributed by atoms with Crippen LogP contribution in [0.1, 0.15) is 110 Å². The van der Waals surface area contributed by atoms with Crippen molar-refractivity contribution >= 4 is 17.6 Å². The second-order valence-corrected chi connectivity index (χ2v) is 11.8. The van der Waals surface area contributed by atoms with E-state index in [4.69, 9.17) is 4.52 Å². The maximum atomic E-state index is 14.0. The van der Waals surface area contributed by atoms with Crippen molar-refractivity contribution in [2.75, 3.05) is 0 Å². The molecule has 3 aliphatic rings. The van der Waals surface area contributed by atoms with Gasteiger partial charge in [0.1, 0.15) is 11.8 Å². The van der Waals surface area contributed by atoms with Crippen LogP contribution in [-0.2, 0) is 4.79 Å². The lowest BCUT2D eigenvalue weighted by Crippen LogP contribution is -2.37. The average molecular weight is 595 g/mol. The Morgan fingerprint density at radius 2 is 1.67 bits per heavy atom. The number of aromatic nitrogens is 4. The highest BCUT2D eigenvalue weighted by Crippen LogP contribution is 2.44. The number of carbonyl (C=O) groups is 2. The normalized spacial score (nSPS) is 20.8. The summed E-state index contributed by atoms with van der Waals surface area (Å²) in [4.78, 5) is 34.9. The van der Waals surface area contributed by atoms with Crippen molar-refractivity contribution in [3.8, 4) is 0 Å². The summed E-state index contributed by atoms with van der Waals surface area (Å²) in [7, 11) is 0. The van der Waals surface area contributed by atoms with E-state index in [0.29, 0.717) is 22.6 Å². The van der Waals surface area contributed by atoms with Crippen molar-refractivity contribution in [1.29, 1.82) is 0 Å². The summed E-state index contributed by atoms with van der Waals surface area (Å²) in [6, 6.07) is 0.447. The van der Waals surface area contributed by atoms with Gasteiger partial charge >= 0.3 is 6.18 Å². The number of amides is 2. The molecule has 3 aliphatic carbocycles. The molecule has 3 heterocycles. The fraction of sp³-hybridized carbons (Fsp3) is 0.607. The zero-order valence-corrected chi connectivity index (χ0v) is 22.7. The first-order valence-electron chi connectivity index (χ1n) is 14.3. The van der Waals surface area contributed by atoms with Crippen molar-refractivity contribution < 1.29 is 36.1 Å². The Bertz CT molecular complexity index is 1450. The van der Waals surface area contributed by atoms with Gasteiger partial charge in [-0.05, 0) is 56.4 Å². The fourth-order valence-electron chi connectivity index (χ4n) is 5.71. The van der Waals surface area contributed by atoms with Crippen molar-refractivity contribution in [1.82, 2.24) is 30.2 Å². The first-order chi connectivity index (χ1) is 20.0. The van der Waals surface area contributed by atoms with Gasteiger partial charge in [-0.3, -0.25) is 14.0 Å². The molecule has 3 saturated carbocycles. The molecule has 9 nitrogen and oxygen atoms in total. The zero-order valence-electron chi connectivity index (χ0n) is 22.7. The van der Waals surface area contributed by atoms with E-state index in [2.05, 4.69) is 25.8 Å². The van der Waals surface area contributed by atoms with Crippen molar-refractivity contribution in [3.05, 3.63) is 47.4 Å². The minimum absolute atomic E-state index is 0.0596. The number of nitrogens with one attached hydrogen (secondary N) is 2. The van der Waals surface area contributed by atoms with Crippen LogP contribution in [0, 0.1) is 11.8 Å². The maximum absolute atomic E-state index is 14.0. The molecule has 2 amide bonds. The average Bonchev–Trinajstić information content (AvgIpc) is 3.87. The minimum Gasteiger partial charge on any atom is -0.364 e. The van der Waals surface area contributed by atoms with Crippen LogP contribution >= 0.6 is 0 Å². The Hall–Kier alpha value is -3.58. The zero-order chi connectivity index (χ0) is 29.6. The number of alkyl halides is 5. The van der Waals surface area contributed by atoms with Crippen LogP contribution in [0.25, 0.3) is 5.78 Å². The standard InChI is InChI=1S/C28H31F5N6O3/c29-27(30)9-5-17(6-10-27)24(37-25(41)18-14-42-38-22(18)15-1-2-15)20-13-39-12-8-19(34-26(39)35-20)23(16-3-4-16)36-21(40)7-11-28(31,32)33/h8,12-17,23-24H,1-7,9-11H2,(H,36,40)(H,37,41)/t23-,24-/m0/s1. The van der Waals surface area contributed by atoms with Crippen LogP contribution in [-0.4, -0.2) is 43.4 Å². The Balaban J connectivity index is 1.25. The predicted octanol–water partition coefficient (Wildman–Crippen LogP) is 5.80. The van der Waals surface area contributed by atoms with Gasteiger partial charge < -0.3 is 15.2 Å². The molecule has 6 rings (SSSR count). The molecule has 0 saturated heterocycles. The van der Waals surface area contributed by atoms with Gasteiger partial charge in [0.25, 0.3) is 5.91 Å². The third kappa shape index (κ3) is 6.57. The third-order valence-electron chi connectivity index (χ3n) is 8.38. The molecule has 2 N–H and O–H groups in total. The number of hydrogen-bond donors (Lipinski definition) is 2. The van der Waals surface area contributed by atoms with E-state index >= 15 is 0 Å². The third-order valence-corrected chi connectivity index (χ3v) is 8.38. The molecule has 2 atom stereocenters. The number of nitrogens with zero attached hydrogens (tertiary/aromatic N) is 4. The molecule has 0 unspecified atom stereocenters. The number of carbonyl (C=O) groups excluding carboxylic acids is 2. The molecule has 3 aromatic heterocycles. The second-order valence-electron chi connectivity index (χ2n) is 11.8. The molecule has 42 heavy (non-hydrogen) atoms. The van der Waals surface area contributed by atoms with E-state index in [1.807, 2.05) is 0 Å². The maximum Gasteiger partial charge on any atom is 0.389 e. The first kappa shape index (κ1) is 28.5. The van der Waals surface area contributed by atoms with Gasteiger partial charge in [-0.1, -0.05) is 5.16 Å². The fourth-order valence-corrected chi connectivity index (χ4v) is 5.71. The molecule has 0 aliphatic heterocycles. The summed E-state index contributed by atoms with van der Waals surface area (Å²) in [6.07, 6.45) is 1.62. The van der Waals surface area contributed by atoms with E-state index in [1.165, 1.54) is 6.26 Å². The minimum atomic E-state index is -4.43. The van der Waals surface area contributed by atoms with Gasteiger partial charge in [0.15, 0.2) is 0 Å². The topological polar surface area (TPSA) is 114 Å². The number of rotatable bonds is 10. The van der Waals surface area contributed by atoms with E-state index in [-0.39, 0.29) is 49.2 Å². The van der Waals surface area contributed by atoms with Crippen LogP contribution in [0.4, 0.5) is 22.0 Å². The SMILES string of the molecule is O=C(CCC(F)(F)F)N[C@H](c1ccn2cc([C@@H](NC(=O)c3conc3C3CC3)C3CCC(F)(F)CC3)nc2n1)C1CC1. The van der Waals surface area contributed by atoms with E-state index < -0.39 is 48.8 Å². The largest absolute Gasteiger partial charge is 0.389 e. The van der Waals surface area contributed by atoms with Gasteiger partial charge in [-0.15, -0.1) is 0 Å².